The minimum Gasteiger partial charge on any atom is -0.496 e. The fourth-order valence-electron chi connectivity index (χ4n) is 1.44. The van der Waals surface area contributed by atoms with E-state index in [1.165, 1.54) is 4.88 Å². The monoisotopic (exact) mass is 229 g/mol. The fourth-order valence-corrected chi connectivity index (χ4v) is 2.37. The molecule has 1 aromatic heterocycles. The molecule has 0 aromatic carbocycles. The molecule has 1 rings (SSSR count). The van der Waals surface area contributed by atoms with Gasteiger partial charge in [-0.15, -0.1) is 11.3 Å². The minimum atomic E-state index is 0.241. The van der Waals surface area contributed by atoms with Gasteiger partial charge in [-0.3, -0.25) is 0 Å². The molecule has 4 heteroatoms. The normalized spacial score (nSPS) is 12.7. The first-order valence-corrected chi connectivity index (χ1v) is 6.05. The SMILES string of the molecule is CCCNC(COC)c1sccc1OC. The lowest BCUT2D eigenvalue weighted by Gasteiger charge is -2.17. The van der Waals surface area contributed by atoms with Crippen molar-refractivity contribution in [3.63, 3.8) is 0 Å². The van der Waals surface area contributed by atoms with E-state index in [-0.39, 0.29) is 6.04 Å². The molecule has 0 bridgehead atoms. The first kappa shape index (κ1) is 12.5. The lowest BCUT2D eigenvalue weighted by atomic mass is 10.2. The summed E-state index contributed by atoms with van der Waals surface area (Å²) in [5, 5.41) is 5.50. The van der Waals surface area contributed by atoms with Gasteiger partial charge in [-0.25, -0.2) is 0 Å². The zero-order valence-corrected chi connectivity index (χ0v) is 10.4. The summed E-state index contributed by atoms with van der Waals surface area (Å²) >= 11 is 1.71. The summed E-state index contributed by atoms with van der Waals surface area (Å²) in [6.07, 6.45) is 1.12. The quantitative estimate of drug-likeness (QED) is 0.779. The zero-order chi connectivity index (χ0) is 11.1. The molecule has 0 amide bonds. The van der Waals surface area contributed by atoms with Crippen LogP contribution in [0, 0.1) is 0 Å². The first-order chi connectivity index (χ1) is 7.33. The summed E-state index contributed by atoms with van der Waals surface area (Å²) in [6, 6.07) is 2.24. The molecule has 0 fully saturated rings. The van der Waals surface area contributed by atoms with Crippen LogP contribution in [-0.2, 0) is 4.74 Å². The van der Waals surface area contributed by atoms with Gasteiger partial charge in [0, 0.05) is 7.11 Å². The van der Waals surface area contributed by atoms with Crippen molar-refractivity contribution >= 4 is 11.3 Å². The van der Waals surface area contributed by atoms with Crippen molar-refractivity contribution in [3.05, 3.63) is 16.3 Å². The molecule has 0 aliphatic carbocycles. The third-order valence-electron chi connectivity index (χ3n) is 2.17. The Balaban J connectivity index is 2.69. The molecule has 0 saturated heterocycles. The standard InChI is InChI=1S/C11H19NO2S/c1-4-6-12-9(8-13-2)11-10(14-3)5-7-15-11/h5,7,9,12H,4,6,8H2,1-3H3. The smallest absolute Gasteiger partial charge is 0.134 e. The molecule has 15 heavy (non-hydrogen) atoms. The minimum absolute atomic E-state index is 0.241. The van der Waals surface area contributed by atoms with Crippen molar-refractivity contribution < 1.29 is 9.47 Å². The van der Waals surface area contributed by atoms with Crippen LogP contribution in [0.25, 0.3) is 0 Å². The Morgan fingerprint density at radius 2 is 2.27 bits per heavy atom. The number of nitrogens with one attached hydrogen (secondary N) is 1. The first-order valence-electron chi connectivity index (χ1n) is 5.17. The van der Waals surface area contributed by atoms with Gasteiger partial charge in [0.2, 0.25) is 0 Å². The Hall–Kier alpha value is -0.580. The number of methoxy groups -OCH3 is 2. The topological polar surface area (TPSA) is 30.5 Å². The fraction of sp³-hybridized carbons (Fsp3) is 0.636. The molecule has 1 unspecified atom stereocenters. The highest BCUT2D eigenvalue weighted by Gasteiger charge is 2.16. The van der Waals surface area contributed by atoms with Gasteiger partial charge in [-0.2, -0.15) is 0 Å². The number of hydrogen-bond acceptors (Lipinski definition) is 4. The van der Waals surface area contributed by atoms with Gasteiger partial charge in [0.1, 0.15) is 5.75 Å². The summed E-state index contributed by atoms with van der Waals surface area (Å²) in [5.41, 5.74) is 0. The Labute approximate surface area is 95.4 Å². The molecule has 0 aliphatic rings. The molecular weight excluding hydrogens is 210 g/mol. The van der Waals surface area contributed by atoms with Crippen molar-refractivity contribution in [3.8, 4) is 5.75 Å². The van der Waals surface area contributed by atoms with E-state index in [9.17, 15) is 0 Å². The Kier molecular flexibility index (Phi) is 5.68. The number of hydrogen-bond donors (Lipinski definition) is 1. The second kappa shape index (κ2) is 6.82. The lowest BCUT2D eigenvalue weighted by molar-refractivity contribution is 0.167. The summed E-state index contributed by atoms with van der Waals surface area (Å²) in [5.74, 6) is 0.950. The van der Waals surface area contributed by atoms with Crippen LogP contribution in [0.2, 0.25) is 0 Å². The average molecular weight is 229 g/mol. The largest absolute Gasteiger partial charge is 0.496 e. The molecule has 86 valence electrons. The molecule has 0 spiro atoms. The van der Waals surface area contributed by atoms with E-state index in [0.29, 0.717) is 6.61 Å². The highest BCUT2D eigenvalue weighted by molar-refractivity contribution is 7.10. The Morgan fingerprint density at radius 3 is 2.87 bits per heavy atom. The molecule has 3 nitrogen and oxygen atoms in total. The van der Waals surface area contributed by atoms with E-state index in [0.717, 1.165) is 18.7 Å². The summed E-state index contributed by atoms with van der Waals surface area (Å²) < 4.78 is 10.5. The van der Waals surface area contributed by atoms with Crippen molar-refractivity contribution in [1.29, 1.82) is 0 Å². The van der Waals surface area contributed by atoms with E-state index in [4.69, 9.17) is 9.47 Å². The highest BCUT2D eigenvalue weighted by Crippen LogP contribution is 2.30. The van der Waals surface area contributed by atoms with E-state index >= 15 is 0 Å². The number of rotatable bonds is 7. The molecule has 1 aromatic rings. The molecular formula is C11H19NO2S. The lowest BCUT2D eigenvalue weighted by Crippen LogP contribution is -2.25. The van der Waals surface area contributed by atoms with Crippen molar-refractivity contribution in [2.24, 2.45) is 0 Å². The predicted octanol–water partition coefficient (Wildman–Crippen LogP) is 2.44. The second-order valence-corrected chi connectivity index (χ2v) is 4.26. The molecule has 1 N–H and O–H groups in total. The summed E-state index contributed by atoms with van der Waals surface area (Å²) in [4.78, 5) is 1.22. The Bertz CT molecular complexity index is 275. The predicted molar refractivity (Wildman–Crippen MR) is 63.8 cm³/mol. The molecule has 0 saturated carbocycles. The van der Waals surface area contributed by atoms with Crippen LogP contribution < -0.4 is 10.1 Å². The maximum absolute atomic E-state index is 5.31. The Morgan fingerprint density at radius 1 is 1.47 bits per heavy atom. The van der Waals surface area contributed by atoms with Gasteiger partial charge < -0.3 is 14.8 Å². The second-order valence-electron chi connectivity index (χ2n) is 3.32. The van der Waals surface area contributed by atoms with Crippen LogP contribution in [0.5, 0.6) is 5.75 Å². The summed E-state index contributed by atoms with van der Waals surface area (Å²) in [7, 11) is 3.43. The zero-order valence-electron chi connectivity index (χ0n) is 9.58. The third-order valence-corrected chi connectivity index (χ3v) is 3.18. The van der Waals surface area contributed by atoms with Gasteiger partial charge in [-0.05, 0) is 24.4 Å². The van der Waals surface area contributed by atoms with E-state index < -0.39 is 0 Å². The van der Waals surface area contributed by atoms with E-state index in [2.05, 4.69) is 12.2 Å². The van der Waals surface area contributed by atoms with Gasteiger partial charge in [-0.1, -0.05) is 6.92 Å². The van der Waals surface area contributed by atoms with Crippen LogP contribution in [0.1, 0.15) is 24.3 Å². The maximum Gasteiger partial charge on any atom is 0.134 e. The number of ether oxygens (including phenoxy) is 2. The van der Waals surface area contributed by atoms with Crippen LogP contribution in [0.4, 0.5) is 0 Å². The van der Waals surface area contributed by atoms with E-state index in [1.54, 1.807) is 25.6 Å². The van der Waals surface area contributed by atoms with Crippen molar-refractivity contribution in [2.45, 2.75) is 19.4 Å². The van der Waals surface area contributed by atoms with Gasteiger partial charge >= 0.3 is 0 Å². The van der Waals surface area contributed by atoms with Gasteiger partial charge in [0.05, 0.1) is 24.6 Å². The summed E-state index contributed by atoms with van der Waals surface area (Å²) in [6.45, 7) is 3.83. The van der Waals surface area contributed by atoms with Crippen LogP contribution in [-0.4, -0.2) is 27.4 Å². The van der Waals surface area contributed by atoms with Gasteiger partial charge in [0.15, 0.2) is 0 Å². The highest BCUT2D eigenvalue weighted by atomic mass is 32.1. The molecule has 0 radical (unpaired) electrons. The van der Waals surface area contributed by atoms with Crippen LogP contribution >= 0.6 is 11.3 Å². The molecule has 1 heterocycles. The van der Waals surface area contributed by atoms with Crippen LogP contribution in [0.3, 0.4) is 0 Å². The molecule has 1 atom stereocenters. The number of thiophene rings is 1. The van der Waals surface area contributed by atoms with Crippen molar-refractivity contribution in [1.82, 2.24) is 5.32 Å². The average Bonchev–Trinajstić information content (AvgIpc) is 2.72. The van der Waals surface area contributed by atoms with Crippen LogP contribution in [0.15, 0.2) is 11.4 Å². The van der Waals surface area contributed by atoms with Gasteiger partial charge in [0.25, 0.3) is 0 Å². The van der Waals surface area contributed by atoms with Crippen molar-refractivity contribution in [2.75, 3.05) is 27.4 Å². The maximum atomic E-state index is 5.31. The third kappa shape index (κ3) is 3.48. The van der Waals surface area contributed by atoms with E-state index in [1.807, 2.05) is 11.4 Å². The molecule has 0 aliphatic heterocycles.